The van der Waals surface area contributed by atoms with Crippen LogP contribution in [0.2, 0.25) is 0 Å². The molecule has 0 spiro atoms. The van der Waals surface area contributed by atoms with Crippen LogP contribution in [0.25, 0.3) is 0 Å². The van der Waals surface area contributed by atoms with Crippen LogP contribution in [0.15, 0.2) is 12.1 Å². The fraction of sp³-hybridized carbons (Fsp3) is 0.455. The fourth-order valence-corrected chi connectivity index (χ4v) is 1.32. The van der Waals surface area contributed by atoms with Crippen LogP contribution in [0, 0.1) is 18.3 Å². The first kappa shape index (κ1) is 13.3. The number of aryl methyl sites for hydroxylation is 1. The number of halogens is 3. The van der Waals surface area contributed by atoms with Crippen molar-refractivity contribution in [2.45, 2.75) is 19.5 Å². The van der Waals surface area contributed by atoms with Crippen LogP contribution >= 0.6 is 0 Å². The summed E-state index contributed by atoms with van der Waals surface area (Å²) < 4.78 is 36.2. The van der Waals surface area contributed by atoms with Gasteiger partial charge in [-0.25, -0.2) is 4.98 Å². The average molecular weight is 243 g/mol. The van der Waals surface area contributed by atoms with Crippen molar-refractivity contribution in [1.29, 1.82) is 5.26 Å². The Kier molecular flexibility index (Phi) is 3.94. The van der Waals surface area contributed by atoms with Crippen molar-refractivity contribution in [3.63, 3.8) is 0 Å². The predicted molar refractivity (Wildman–Crippen MR) is 57.6 cm³/mol. The van der Waals surface area contributed by atoms with Gasteiger partial charge in [0.15, 0.2) is 0 Å². The zero-order valence-corrected chi connectivity index (χ0v) is 9.54. The number of alkyl halides is 3. The van der Waals surface area contributed by atoms with E-state index in [1.807, 2.05) is 6.07 Å². The van der Waals surface area contributed by atoms with E-state index in [-0.39, 0.29) is 6.54 Å². The molecule has 0 amide bonds. The lowest BCUT2D eigenvalue weighted by atomic mass is 10.2. The normalized spacial score (nSPS) is 11.1. The lowest BCUT2D eigenvalue weighted by Crippen LogP contribution is -2.25. The lowest BCUT2D eigenvalue weighted by molar-refractivity contribution is -0.132. The summed E-state index contributed by atoms with van der Waals surface area (Å²) in [7, 11) is 1.52. The van der Waals surface area contributed by atoms with Crippen molar-refractivity contribution in [3.8, 4) is 6.07 Å². The third-order valence-corrected chi connectivity index (χ3v) is 2.19. The summed E-state index contributed by atoms with van der Waals surface area (Å²) in [4.78, 5) is 5.48. The number of rotatable bonds is 3. The Hall–Kier alpha value is -1.77. The molecular weight excluding hydrogens is 231 g/mol. The van der Waals surface area contributed by atoms with Crippen molar-refractivity contribution in [3.05, 3.63) is 23.4 Å². The lowest BCUT2D eigenvalue weighted by Gasteiger charge is -2.19. The van der Waals surface area contributed by atoms with Crippen molar-refractivity contribution >= 4 is 5.82 Å². The van der Waals surface area contributed by atoms with E-state index in [0.717, 1.165) is 0 Å². The standard InChI is InChI=1S/C11H12F3N3/c1-8-5-9(7-15)6-10(16-8)17(2)4-3-11(12,13)14/h5-6H,3-4H2,1-2H3. The maximum absolute atomic E-state index is 12.1. The first-order valence-corrected chi connectivity index (χ1v) is 4.98. The van der Waals surface area contributed by atoms with Gasteiger partial charge < -0.3 is 4.90 Å². The van der Waals surface area contributed by atoms with Crippen molar-refractivity contribution < 1.29 is 13.2 Å². The van der Waals surface area contributed by atoms with Crippen LogP contribution in [0.1, 0.15) is 17.7 Å². The minimum atomic E-state index is -4.18. The van der Waals surface area contributed by atoms with E-state index < -0.39 is 12.6 Å². The van der Waals surface area contributed by atoms with Crippen LogP contribution < -0.4 is 4.90 Å². The molecule has 3 nitrogen and oxygen atoms in total. The minimum absolute atomic E-state index is 0.176. The summed E-state index contributed by atoms with van der Waals surface area (Å²) in [5, 5.41) is 8.75. The second kappa shape index (κ2) is 5.04. The number of hydrogen-bond donors (Lipinski definition) is 0. The maximum Gasteiger partial charge on any atom is 0.390 e. The van der Waals surface area contributed by atoms with Crippen molar-refractivity contribution in [1.82, 2.24) is 4.98 Å². The van der Waals surface area contributed by atoms with Gasteiger partial charge in [-0.2, -0.15) is 18.4 Å². The zero-order valence-electron chi connectivity index (χ0n) is 9.54. The van der Waals surface area contributed by atoms with Crippen LogP contribution in [0.5, 0.6) is 0 Å². The van der Waals surface area contributed by atoms with Crippen LogP contribution in [0.4, 0.5) is 19.0 Å². The van der Waals surface area contributed by atoms with Gasteiger partial charge in [0.1, 0.15) is 5.82 Å². The van der Waals surface area contributed by atoms with Gasteiger partial charge in [-0.1, -0.05) is 0 Å². The van der Waals surface area contributed by atoms with Crippen molar-refractivity contribution in [2.24, 2.45) is 0 Å². The fourth-order valence-electron chi connectivity index (χ4n) is 1.32. The second-order valence-corrected chi connectivity index (χ2v) is 3.75. The molecule has 0 saturated heterocycles. The summed E-state index contributed by atoms with van der Waals surface area (Å²) in [5.41, 5.74) is 1.00. The molecule has 0 unspecified atom stereocenters. The molecule has 1 heterocycles. The largest absolute Gasteiger partial charge is 0.390 e. The molecule has 0 aliphatic heterocycles. The van der Waals surface area contributed by atoms with Crippen molar-refractivity contribution in [2.75, 3.05) is 18.5 Å². The van der Waals surface area contributed by atoms with Gasteiger partial charge in [0.25, 0.3) is 0 Å². The monoisotopic (exact) mass is 243 g/mol. The molecule has 0 radical (unpaired) electrons. The number of hydrogen-bond acceptors (Lipinski definition) is 3. The van der Waals surface area contributed by atoms with Gasteiger partial charge in [0.05, 0.1) is 18.1 Å². The highest BCUT2D eigenvalue weighted by Gasteiger charge is 2.27. The Balaban J connectivity index is 2.79. The average Bonchev–Trinajstić information content (AvgIpc) is 2.23. The quantitative estimate of drug-likeness (QED) is 0.819. The molecule has 0 saturated carbocycles. The summed E-state index contributed by atoms with van der Waals surface area (Å²) in [6.45, 7) is 1.52. The van der Waals surface area contributed by atoms with Crippen LogP contribution in [-0.2, 0) is 0 Å². The van der Waals surface area contributed by atoms with Crippen LogP contribution in [0.3, 0.4) is 0 Å². The smallest absolute Gasteiger partial charge is 0.359 e. The first-order valence-electron chi connectivity index (χ1n) is 4.98. The van der Waals surface area contributed by atoms with E-state index in [1.165, 1.54) is 18.0 Å². The molecule has 0 atom stereocenters. The minimum Gasteiger partial charge on any atom is -0.359 e. The van der Waals surface area contributed by atoms with Crippen LogP contribution in [-0.4, -0.2) is 24.8 Å². The van der Waals surface area contributed by atoms with Gasteiger partial charge in [0, 0.05) is 19.3 Å². The third-order valence-electron chi connectivity index (χ3n) is 2.19. The molecule has 0 aliphatic rings. The number of aromatic nitrogens is 1. The number of nitriles is 1. The Morgan fingerprint density at radius 1 is 1.41 bits per heavy atom. The molecular formula is C11H12F3N3. The maximum atomic E-state index is 12.1. The van der Waals surface area contributed by atoms with E-state index in [0.29, 0.717) is 17.1 Å². The Bertz CT molecular complexity index is 435. The van der Waals surface area contributed by atoms with E-state index in [4.69, 9.17) is 5.26 Å². The van der Waals surface area contributed by atoms with E-state index in [9.17, 15) is 13.2 Å². The molecule has 0 fully saturated rings. The van der Waals surface area contributed by atoms with Gasteiger partial charge in [-0.05, 0) is 19.1 Å². The molecule has 92 valence electrons. The molecule has 0 N–H and O–H groups in total. The molecule has 0 aromatic carbocycles. The molecule has 17 heavy (non-hydrogen) atoms. The third kappa shape index (κ3) is 4.31. The highest BCUT2D eigenvalue weighted by atomic mass is 19.4. The highest BCUT2D eigenvalue weighted by Crippen LogP contribution is 2.21. The zero-order chi connectivity index (χ0) is 13.1. The summed E-state index contributed by atoms with van der Waals surface area (Å²) >= 11 is 0. The SMILES string of the molecule is Cc1cc(C#N)cc(N(C)CCC(F)(F)F)n1. The van der Waals surface area contributed by atoms with E-state index in [1.54, 1.807) is 13.0 Å². The molecule has 1 rings (SSSR count). The van der Waals surface area contributed by atoms with Gasteiger partial charge in [-0.15, -0.1) is 0 Å². The summed E-state index contributed by atoms with van der Waals surface area (Å²) in [6.07, 6.45) is -5.09. The molecule has 1 aromatic rings. The summed E-state index contributed by atoms with van der Waals surface area (Å²) in [6, 6.07) is 5.01. The number of pyridine rings is 1. The highest BCUT2D eigenvalue weighted by molar-refractivity contribution is 5.45. The van der Waals surface area contributed by atoms with E-state index >= 15 is 0 Å². The molecule has 1 aromatic heterocycles. The molecule has 0 aliphatic carbocycles. The van der Waals surface area contributed by atoms with Gasteiger partial charge in [0.2, 0.25) is 0 Å². The van der Waals surface area contributed by atoms with Gasteiger partial charge in [-0.3, -0.25) is 0 Å². The number of anilines is 1. The molecule has 6 heteroatoms. The second-order valence-electron chi connectivity index (χ2n) is 3.75. The predicted octanol–water partition coefficient (Wildman–Crippen LogP) is 2.65. The molecule has 0 bridgehead atoms. The Labute approximate surface area is 97.5 Å². The topological polar surface area (TPSA) is 39.9 Å². The summed E-state index contributed by atoms with van der Waals surface area (Å²) in [5.74, 6) is 0.380. The van der Waals surface area contributed by atoms with Gasteiger partial charge >= 0.3 is 6.18 Å². The Morgan fingerprint density at radius 3 is 2.59 bits per heavy atom. The first-order chi connectivity index (χ1) is 7.81. The number of nitrogens with zero attached hydrogens (tertiary/aromatic N) is 3. The van der Waals surface area contributed by atoms with E-state index in [2.05, 4.69) is 4.98 Å². The Morgan fingerprint density at radius 2 is 2.06 bits per heavy atom.